The smallest absolute Gasteiger partial charge is 0.310 e. The Hall–Kier alpha value is -1.97. The molecule has 0 spiro atoms. The molecule has 4 rings (SSSR count). The number of aliphatic carboxylic acids is 1. The van der Waals surface area contributed by atoms with Crippen molar-refractivity contribution in [2.75, 3.05) is 18.4 Å². The SMILES string of the molecule is O=C(O)[C@H]1[C@H](C(=O)Nc2ccc(S(=O)(=O)N3CCCC3)cc2)[C@H]2CC[C@H]1O2. The number of carbonyl (C=O) groups excluding carboxylic acids is 1. The molecule has 4 atom stereocenters. The molecule has 3 aliphatic heterocycles. The van der Waals surface area contributed by atoms with E-state index in [1.54, 1.807) is 0 Å². The van der Waals surface area contributed by atoms with Crippen LogP contribution in [0.5, 0.6) is 0 Å². The van der Waals surface area contributed by atoms with Crippen LogP contribution in [0, 0.1) is 11.8 Å². The molecule has 3 fully saturated rings. The van der Waals surface area contributed by atoms with Gasteiger partial charge in [0.2, 0.25) is 15.9 Å². The van der Waals surface area contributed by atoms with E-state index in [1.165, 1.54) is 28.6 Å². The van der Waals surface area contributed by atoms with Crippen molar-refractivity contribution in [3.05, 3.63) is 24.3 Å². The number of anilines is 1. The summed E-state index contributed by atoms with van der Waals surface area (Å²) in [7, 11) is -3.50. The summed E-state index contributed by atoms with van der Waals surface area (Å²) in [6.07, 6.45) is 2.30. The van der Waals surface area contributed by atoms with E-state index in [4.69, 9.17) is 4.74 Å². The molecular formula is C18H22N2O6S. The van der Waals surface area contributed by atoms with Crippen LogP contribution in [0.3, 0.4) is 0 Å². The molecule has 9 heteroatoms. The van der Waals surface area contributed by atoms with Crippen molar-refractivity contribution in [3.63, 3.8) is 0 Å². The summed E-state index contributed by atoms with van der Waals surface area (Å²) in [6.45, 7) is 1.06. The van der Waals surface area contributed by atoms with Crippen LogP contribution in [-0.2, 0) is 24.3 Å². The Labute approximate surface area is 157 Å². The van der Waals surface area contributed by atoms with Crippen molar-refractivity contribution in [1.29, 1.82) is 0 Å². The number of nitrogens with one attached hydrogen (secondary N) is 1. The van der Waals surface area contributed by atoms with E-state index in [-0.39, 0.29) is 11.0 Å². The highest BCUT2D eigenvalue weighted by Gasteiger charge is 2.55. The third-order valence-electron chi connectivity index (χ3n) is 5.69. The molecule has 0 saturated carbocycles. The number of carbonyl (C=O) groups is 2. The molecule has 1 aromatic carbocycles. The highest BCUT2D eigenvalue weighted by atomic mass is 32.2. The Morgan fingerprint density at radius 2 is 1.63 bits per heavy atom. The van der Waals surface area contributed by atoms with Crippen LogP contribution in [-0.4, -0.2) is 55.0 Å². The number of fused-ring (bicyclic) bond motifs is 2. The van der Waals surface area contributed by atoms with E-state index in [1.807, 2.05) is 0 Å². The highest BCUT2D eigenvalue weighted by molar-refractivity contribution is 7.89. The van der Waals surface area contributed by atoms with Crippen LogP contribution < -0.4 is 5.32 Å². The Bertz CT molecular complexity index is 847. The van der Waals surface area contributed by atoms with Gasteiger partial charge in [0.15, 0.2) is 0 Å². The maximum absolute atomic E-state index is 12.6. The van der Waals surface area contributed by atoms with Gasteiger partial charge < -0.3 is 15.2 Å². The second kappa shape index (κ2) is 6.88. The summed E-state index contributed by atoms with van der Waals surface area (Å²) in [5.41, 5.74) is 0.437. The second-order valence-corrected chi connectivity index (χ2v) is 9.24. The number of benzene rings is 1. The molecule has 3 heterocycles. The standard InChI is InChI=1S/C18H22N2O6S/c21-17(15-13-7-8-14(26-13)16(15)18(22)23)19-11-3-5-12(6-4-11)27(24,25)20-9-1-2-10-20/h3-6,13-16H,1-2,7-10H2,(H,19,21)(H,22,23)/t13-,14-,15-,16-/m1/s1. The quantitative estimate of drug-likeness (QED) is 0.778. The van der Waals surface area contributed by atoms with Gasteiger partial charge >= 0.3 is 5.97 Å². The van der Waals surface area contributed by atoms with Gasteiger partial charge in [-0.15, -0.1) is 0 Å². The summed E-state index contributed by atoms with van der Waals surface area (Å²) in [5, 5.41) is 12.1. The van der Waals surface area contributed by atoms with Crippen LogP contribution in [0.4, 0.5) is 5.69 Å². The predicted molar refractivity (Wildman–Crippen MR) is 95.6 cm³/mol. The lowest BCUT2D eigenvalue weighted by Gasteiger charge is -2.24. The number of carboxylic acids is 1. The fraction of sp³-hybridized carbons (Fsp3) is 0.556. The highest BCUT2D eigenvalue weighted by Crippen LogP contribution is 2.44. The number of sulfonamides is 1. The fourth-order valence-corrected chi connectivity index (χ4v) is 5.86. The monoisotopic (exact) mass is 394 g/mol. The molecule has 146 valence electrons. The zero-order valence-corrected chi connectivity index (χ0v) is 15.5. The first-order chi connectivity index (χ1) is 12.9. The Morgan fingerprint density at radius 3 is 2.22 bits per heavy atom. The lowest BCUT2D eigenvalue weighted by molar-refractivity contribution is -0.147. The molecule has 3 aliphatic rings. The topological polar surface area (TPSA) is 113 Å². The molecular weight excluding hydrogens is 372 g/mol. The third-order valence-corrected chi connectivity index (χ3v) is 7.60. The van der Waals surface area contributed by atoms with Gasteiger partial charge in [0.1, 0.15) is 0 Å². The molecule has 2 N–H and O–H groups in total. The Kier molecular flexibility index (Phi) is 4.69. The first kappa shape index (κ1) is 18.4. The summed E-state index contributed by atoms with van der Waals surface area (Å²) >= 11 is 0. The van der Waals surface area contributed by atoms with Gasteiger partial charge in [-0.25, -0.2) is 8.42 Å². The van der Waals surface area contributed by atoms with Crippen molar-refractivity contribution in [2.45, 2.75) is 42.8 Å². The predicted octanol–water partition coefficient (Wildman–Crippen LogP) is 1.29. The van der Waals surface area contributed by atoms with Gasteiger partial charge in [-0.3, -0.25) is 9.59 Å². The van der Waals surface area contributed by atoms with Crippen molar-refractivity contribution in [3.8, 4) is 0 Å². The first-order valence-corrected chi connectivity index (χ1v) is 10.6. The van der Waals surface area contributed by atoms with Crippen molar-refractivity contribution >= 4 is 27.6 Å². The molecule has 2 bridgehead atoms. The minimum atomic E-state index is -3.50. The van der Waals surface area contributed by atoms with Crippen molar-refractivity contribution in [1.82, 2.24) is 4.31 Å². The first-order valence-electron chi connectivity index (χ1n) is 9.17. The second-order valence-electron chi connectivity index (χ2n) is 7.30. The number of hydrogen-bond donors (Lipinski definition) is 2. The summed E-state index contributed by atoms with van der Waals surface area (Å²) < 4.78 is 32.2. The molecule has 1 aromatic rings. The maximum Gasteiger partial charge on any atom is 0.310 e. The van der Waals surface area contributed by atoms with E-state index >= 15 is 0 Å². The maximum atomic E-state index is 12.6. The molecule has 0 aliphatic carbocycles. The van der Waals surface area contributed by atoms with Gasteiger partial charge in [-0.1, -0.05) is 0 Å². The Balaban J connectivity index is 1.47. The average molecular weight is 394 g/mol. The van der Waals surface area contributed by atoms with E-state index in [2.05, 4.69) is 5.32 Å². The molecule has 0 aromatic heterocycles. The van der Waals surface area contributed by atoms with E-state index in [0.717, 1.165) is 12.8 Å². The van der Waals surface area contributed by atoms with Gasteiger partial charge in [0, 0.05) is 18.8 Å². The summed E-state index contributed by atoms with van der Waals surface area (Å²) in [4.78, 5) is 24.3. The number of amides is 1. The van der Waals surface area contributed by atoms with Crippen LogP contribution in [0.2, 0.25) is 0 Å². The molecule has 27 heavy (non-hydrogen) atoms. The number of nitrogens with zero attached hydrogens (tertiary/aromatic N) is 1. The Morgan fingerprint density at radius 1 is 1.04 bits per heavy atom. The number of carboxylic acid groups (broad SMARTS) is 1. The molecule has 8 nitrogen and oxygen atoms in total. The van der Waals surface area contributed by atoms with Crippen molar-refractivity contribution in [2.24, 2.45) is 11.8 Å². The largest absolute Gasteiger partial charge is 0.481 e. The zero-order valence-electron chi connectivity index (χ0n) is 14.7. The van der Waals surface area contributed by atoms with Crippen molar-refractivity contribution < 1.29 is 27.9 Å². The third kappa shape index (κ3) is 3.24. The van der Waals surface area contributed by atoms with Crippen LogP contribution in [0.1, 0.15) is 25.7 Å². The zero-order chi connectivity index (χ0) is 19.2. The minimum absolute atomic E-state index is 0.189. The van der Waals surface area contributed by atoms with Crippen LogP contribution >= 0.6 is 0 Å². The molecule has 3 saturated heterocycles. The summed E-state index contributed by atoms with van der Waals surface area (Å²) in [6, 6.07) is 6.00. The fourth-order valence-electron chi connectivity index (χ4n) is 4.34. The van der Waals surface area contributed by atoms with Gasteiger partial charge in [0.25, 0.3) is 0 Å². The number of hydrogen-bond acceptors (Lipinski definition) is 5. The van der Waals surface area contributed by atoms with E-state index < -0.39 is 39.8 Å². The summed E-state index contributed by atoms with van der Waals surface area (Å²) in [5.74, 6) is -2.98. The van der Waals surface area contributed by atoms with E-state index in [0.29, 0.717) is 31.6 Å². The van der Waals surface area contributed by atoms with Gasteiger partial charge in [-0.05, 0) is 49.9 Å². The minimum Gasteiger partial charge on any atom is -0.481 e. The van der Waals surface area contributed by atoms with Gasteiger partial charge in [-0.2, -0.15) is 4.31 Å². The lowest BCUT2D eigenvalue weighted by Crippen LogP contribution is -2.40. The van der Waals surface area contributed by atoms with Crippen LogP contribution in [0.25, 0.3) is 0 Å². The molecule has 0 unspecified atom stereocenters. The lowest BCUT2D eigenvalue weighted by atomic mass is 9.78. The molecule has 1 amide bonds. The number of ether oxygens (including phenoxy) is 1. The number of rotatable bonds is 5. The average Bonchev–Trinajstić information content (AvgIpc) is 3.38. The van der Waals surface area contributed by atoms with E-state index in [9.17, 15) is 23.1 Å². The molecule has 0 radical (unpaired) electrons. The normalized spacial score (nSPS) is 30.5. The van der Waals surface area contributed by atoms with Gasteiger partial charge in [0.05, 0.1) is 28.9 Å². The van der Waals surface area contributed by atoms with Crippen LogP contribution in [0.15, 0.2) is 29.2 Å².